The summed E-state index contributed by atoms with van der Waals surface area (Å²) in [6.07, 6.45) is -1.84. The minimum Gasteiger partial charge on any atom is -0.434 e. The minimum atomic E-state index is -0.949. The second-order valence-electron chi connectivity index (χ2n) is 5.89. The van der Waals surface area contributed by atoms with Crippen molar-refractivity contribution >= 4 is 28.9 Å². The summed E-state index contributed by atoms with van der Waals surface area (Å²) in [6, 6.07) is 5.22. The van der Waals surface area contributed by atoms with Crippen molar-refractivity contribution in [2.24, 2.45) is 0 Å². The maximum Gasteiger partial charge on any atom is 0.513 e. The standard InChI is InChI=1S/C20H22O7/c1-6-24-19(22)26-15-9-11(3)8-14-10-12(4)16(13(5)21)18(17(14)15)27-20(23)25-7-2/h8-10H,6-7H2,1-5H3. The molecule has 2 rings (SSSR count). The molecule has 0 atom stereocenters. The molecule has 0 saturated carbocycles. The maximum absolute atomic E-state index is 12.2. The Balaban J connectivity index is 2.77. The van der Waals surface area contributed by atoms with Crippen molar-refractivity contribution in [1.29, 1.82) is 0 Å². The lowest BCUT2D eigenvalue weighted by molar-refractivity contribution is 0.0989. The van der Waals surface area contributed by atoms with Crippen LogP contribution in [0.5, 0.6) is 11.5 Å². The molecule has 2 aromatic rings. The van der Waals surface area contributed by atoms with Gasteiger partial charge in [0.1, 0.15) is 5.75 Å². The molecule has 2 aromatic carbocycles. The Morgan fingerprint density at radius 3 is 2.04 bits per heavy atom. The normalized spacial score (nSPS) is 10.4. The van der Waals surface area contributed by atoms with Crippen LogP contribution in [-0.4, -0.2) is 31.3 Å². The molecule has 0 N–H and O–H groups in total. The molecule has 0 aromatic heterocycles. The van der Waals surface area contributed by atoms with E-state index in [1.54, 1.807) is 32.9 Å². The van der Waals surface area contributed by atoms with Crippen LogP contribution in [0.2, 0.25) is 0 Å². The Kier molecular flexibility index (Phi) is 6.39. The van der Waals surface area contributed by atoms with E-state index < -0.39 is 12.3 Å². The lowest BCUT2D eigenvalue weighted by atomic mass is 9.96. The average Bonchev–Trinajstić information content (AvgIpc) is 2.53. The van der Waals surface area contributed by atoms with Gasteiger partial charge in [0.15, 0.2) is 11.5 Å². The zero-order valence-corrected chi connectivity index (χ0v) is 16.0. The molecule has 27 heavy (non-hydrogen) atoms. The fourth-order valence-corrected chi connectivity index (χ4v) is 2.83. The van der Waals surface area contributed by atoms with Crippen molar-refractivity contribution in [3.63, 3.8) is 0 Å². The van der Waals surface area contributed by atoms with Gasteiger partial charge in [-0.1, -0.05) is 12.1 Å². The first-order valence-corrected chi connectivity index (χ1v) is 8.56. The van der Waals surface area contributed by atoms with Crippen molar-refractivity contribution in [3.05, 3.63) is 34.9 Å². The molecule has 0 aliphatic heterocycles. The van der Waals surface area contributed by atoms with E-state index in [9.17, 15) is 14.4 Å². The van der Waals surface area contributed by atoms with Crippen LogP contribution >= 0.6 is 0 Å². The van der Waals surface area contributed by atoms with Crippen molar-refractivity contribution in [1.82, 2.24) is 0 Å². The number of carbonyl (C=O) groups excluding carboxylic acids is 3. The predicted octanol–water partition coefficient (Wildman–Crippen LogP) is 4.73. The molecule has 0 heterocycles. The molecular formula is C20H22O7. The molecule has 0 radical (unpaired) electrons. The Morgan fingerprint density at radius 2 is 1.48 bits per heavy atom. The Hall–Kier alpha value is -3.09. The van der Waals surface area contributed by atoms with Gasteiger partial charge in [0, 0.05) is 0 Å². The van der Waals surface area contributed by atoms with E-state index in [0.29, 0.717) is 16.3 Å². The molecular weight excluding hydrogens is 352 g/mol. The van der Waals surface area contributed by atoms with Gasteiger partial charge in [0.05, 0.1) is 24.2 Å². The SMILES string of the molecule is CCOC(=O)Oc1cc(C)cc2cc(C)c(C(C)=O)c(OC(=O)OCC)c12. The predicted molar refractivity (Wildman–Crippen MR) is 98.7 cm³/mol. The first-order chi connectivity index (χ1) is 12.8. The third-order valence-corrected chi connectivity index (χ3v) is 3.75. The van der Waals surface area contributed by atoms with Gasteiger partial charge < -0.3 is 18.9 Å². The molecule has 0 spiro atoms. The summed E-state index contributed by atoms with van der Waals surface area (Å²) in [6.45, 7) is 8.49. The molecule has 0 fully saturated rings. The number of ether oxygens (including phenoxy) is 4. The van der Waals surface area contributed by atoms with Crippen molar-refractivity contribution < 1.29 is 33.3 Å². The second-order valence-corrected chi connectivity index (χ2v) is 5.89. The van der Waals surface area contributed by atoms with Gasteiger partial charge in [0.25, 0.3) is 0 Å². The highest BCUT2D eigenvalue weighted by atomic mass is 16.7. The van der Waals surface area contributed by atoms with Gasteiger partial charge in [-0.3, -0.25) is 4.79 Å². The Bertz CT molecular complexity index is 899. The molecule has 0 amide bonds. The van der Waals surface area contributed by atoms with Gasteiger partial charge in [-0.2, -0.15) is 0 Å². The maximum atomic E-state index is 12.2. The van der Waals surface area contributed by atoms with Crippen LogP contribution in [0.25, 0.3) is 10.8 Å². The number of rotatable bonds is 5. The zero-order chi connectivity index (χ0) is 20.1. The van der Waals surface area contributed by atoms with Gasteiger partial charge in [-0.25, -0.2) is 9.59 Å². The van der Waals surface area contributed by atoms with E-state index >= 15 is 0 Å². The first kappa shape index (κ1) is 20.2. The second kappa shape index (κ2) is 8.53. The van der Waals surface area contributed by atoms with Crippen LogP contribution in [0.1, 0.15) is 42.3 Å². The molecule has 7 heteroatoms. The smallest absolute Gasteiger partial charge is 0.434 e. The number of Topliss-reactive ketones (excluding diaryl/α,β-unsaturated/α-hetero) is 1. The van der Waals surface area contributed by atoms with Gasteiger partial charge >= 0.3 is 12.3 Å². The monoisotopic (exact) mass is 374 g/mol. The molecule has 7 nitrogen and oxygen atoms in total. The van der Waals surface area contributed by atoms with Crippen LogP contribution in [-0.2, 0) is 9.47 Å². The van der Waals surface area contributed by atoms with E-state index in [4.69, 9.17) is 18.9 Å². The summed E-state index contributed by atoms with van der Waals surface area (Å²) in [4.78, 5) is 36.0. The lowest BCUT2D eigenvalue weighted by Gasteiger charge is -2.17. The van der Waals surface area contributed by atoms with Crippen molar-refractivity contribution in [3.8, 4) is 11.5 Å². The molecule has 0 bridgehead atoms. The summed E-state index contributed by atoms with van der Waals surface area (Å²) in [5, 5.41) is 0.966. The van der Waals surface area contributed by atoms with E-state index in [2.05, 4.69) is 0 Å². The fraction of sp³-hybridized carbons (Fsp3) is 0.350. The summed E-state index contributed by atoms with van der Waals surface area (Å²) in [5.74, 6) is -0.170. The lowest BCUT2D eigenvalue weighted by Crippen LogP contribution is -2.15. The van der Waals surface area contributed by atoms with E-state index in [1.165, 1.54) is 6.92 Å². The van der Waals surface area contributed by atoms with E-state index in [0.717, 1.165) is 5.56 Å². The van der Waals surface area contributed by atoms with Crippen LogP contribution in [0.4, 0.5) is 9.59 Å². The topological polar surface area (TPSA) is 88.1 Å². The van der Waals surface area contributed by atoms with Crippen LogP contribution in [0.15, 0.2) is 18.2 Å². The summed E-state index contributed by atoms with van der Waals surface area (Å²) in [7, 11) is 0. The zero-order valence-electron chi connectivity index (χ0n) is 16.0. The number of ketones is 1. The molecule has 144 valence electrons. The fourth-order valence-electron chi connectivity index (χ4n) is 2.83. The van der Waals surface area contributed by atoms with Crippen molar-refractivity contribution in [2.75, 3.05) is 13.2 Å². The average molecular weight is 374 g/mol. The number of aryl methyl sites for hydroxylation is 2. The number of hydrogen-bond acceptors (Lipinski definition) is 7. The van der Waals surface area contributed by atoms with Gasteiger partial charge in [-0.15, -0.1) is 0 Å². The number of fused-ring (bicyclic) bond motifs is 1. The quantitative estimate of drug-likeness (QED) is 0.425. The molecule has 0 unspecified atom stereocenters. The Labute approximate surface area is 157 Å². The highest BCUT2D eigenvalue weighted by Gasteiger charge is 2.23. The molecule has 0 aliphatic rings. The van der Waals surface area contributed by atoms with Gasteiger partial charge in [0.2, 0.25) is 0 Å². The summed E-state index contributed by atoms with van der Waals surface area (Å²) >= 11 is 0. The van der Waals surface area contributed by atoms with Gasteiger partial charge in [-0.05, 0) is 57.2 Å². The molecule has 0 saturated heterocycles. The highest BCUT2D eigenvalue weighted by molar-refractivity contribution is 6.08. The van der Waals surface area contributed by atoms with Crippen LogP contribution < -0.4 is 9.47 Å². The van der Waals surface area contributed by atoms with Crippen LogP contribution in [0, 0.1) is 13.8 Å². The minimum absolute atomic E-state index is 0.00440. The van der Waals surface area contributed by atoms with E-state index in [1.807, 2.05) is 13.0 Å². The largest absolute Gasteiger partial charge is 0.513 e. The number of carbonyl (C=O) groups is 3. The van der Waals surface area contributed by atoms with Crippen LogP contribution in [0.3, 0.4) is 0 Å². The third kappa shape index (κ3) is 4.55. The third-order valence-electron chi connectivity index (χ3n) is 3.75. The van der Waals surface area contributed by atoms with Crippen molar-refractivity contribution in [2.45, 2.75) is 34.6 Å². The number of benzene rings is 2. The first-order valence-electron chi connectivity index (χ1n) is 8.56. The van der Waals surface area contributed by atoms with E-state index in [-0.39, 0.29) is 36.1 Å². The molecule has 0 aliphatic carbocycles. The Morgan fingerprint density at radius 1 is 0.889 bits per heavy atom. The summed E-state index contributed by atoms with van der Waals surface area (Å²) < 4.78 is 20.3. The summed E-state index contributed by atoms with van der Waals surface area (Å²) in [5.41, 5.74) is 1.66. The highest BCUT2D eigenvalue weighted by Crippen LogP contribution is 2.40. The number of hydrogen-bond donors (Lipinski definition) is 0.